The molecule has 0 unspecified atom stereocenters. The molecule has 1 aliphatic rings. The summed E-state index contributed by atoms with van der Waals surface area (Å²) in [5.41, 5.74) is 2.69. The molecule has 2 rings (SSSR count). The third-order valence-electron chi connectivity index (χ3n) is 3.40. The lowest BCUT2D eigenvalue weighted by molar-refractivity contribution is 0.333. The van der Waals surface area contributed by atoms with Gasteiger partial charge in [-0.15, -0.1) is 0 Å². The van der Waals surface area contributed by atoms with Gasteiger partial charge in [-0.25, -0.2) is 0 Å². The van der Waals surface area contributed by atoms with Crippen molar-refractivity contribution in [3.8, 4) is 0 Å². The van der Waals surface area contributed by atoms with E-state index >= 15 is 0 Å². The van der Waals surface area contributed by atoms with Crippen LogP contribution in [0.2, 0.25) is 0 Å². The van der Waals surface area contributed by atoms with Crippen LogP contribution in [0.1, 0.15) is 44.6 Å². The number of nitrogens with one attached hydrogen (secondary N) is 1. The van der Waals surface area contributed by atoms with Gasteiger partial charge in [-0.3, -0.25) is 0 Å². The number of rotatable bonds is 4. The van der Waals surface area contributed by atoms with Gasteiger partial charge in [0, 0.05) is 12.2 Å². The first kappa shape index (κ1) is 10.5. The number of anilines is 1. The lowest BCUT2D eigenvalue weighted by atomic mass is 9.85. The molecule has 0 amide bonds. The van der Waals surface area contributed by atoms with Gasteiger partial charge in [-0.05, 0) is 42.4 Å². The average Bonchev–Trinajstić information content (AvgIpc) is 2.16. The van der Waals surface area contributed by atoms with Crippen molar-refractivity contribution in [3.63, 3.8) is 0 Å². The highest BCUT2D eigenvalue weighted by Crippen LogP contribution is 2.26. The molecule has 1 nitrogen and oxygen atoms in total. The summed E-state index contributed by atoms with van der Waals surface area (Å²) >= 11 is 0. The van der Waals surface area contributed by atoms with Crippen LogP contribution in [0.5, 0.6) is 0 Å². The van der Waals surface area contributed by atoms with Crippen molar-refractivity contribution in [1.82, 2.24) is 0 Å². The van der Waals surface area contributed by atoms with Crippen LogP contribution >= 0.6 is 0 Å². The molecule has 0 aliphatic heterocycles. The predicted molar refractivity (Wildman–Crippen MR) is 66.4 cm³/mol. The smallest absolute Gasteiger partial charge is 0.0340 e. The van der Waals surface area contributed by atoms with Crippen molar-refractivity contribution in [2.45, 2.75) is 39.0 Å². The summed E-state index contributed by atoms with van der Waals surface area (Å²) in [6.45, 7) is 5.62. The second kappa shape index (κ2) is 4.69. The third-order valence-corrected chi connectivity index (χ3v) is 3.40. The number of benzene rings is 1. The summed E-state index contributed by atoms with van der Waals surface area (Å²) in [5, 5.41) is 3.51. The van der Waals surface area contributed by atoms with Gasteiger partial charge < -0.3 is 5.32 Å². The van der Waals surface area contributed by atoms with E-state index in [0.29, 0.717) is 5.92 Å². The second-order valence-corrected chi connectivity index (χ2v) is 4.95. The quantitative estimate of drug-likeness (QED) is 0.779. The normalized spacial score (nSPS) is 16.5. The first-order chi connectivity index (χ1) is 7.25. The fourth-order valence-corrected chi connectivity index (χ4v) is 1.94. The lowest BCUT2D eigenvalue weighted by Crippen LogP contribution is -2.20. The Labute approximate surface area is 92.9 Å². The Morgan fingerprint density at radius 1 is 1.20 bits per heavy atom. The zero-order valence-corrected chi connectivity index (χ0v) is 9.79. The van der Waals surface area contributed by atoms with Crippen LogP contribution in [-0.2, 0) is 0 Å². The maximum atomic E-state index is 3.51. The molecule has 0 radical (unpaired) electrons. The number of hydrogen-bond donors (Lipinski definition) is 1. The van der Waals surface area contributed by atoms with E-state index in [2.05, 4.69) is 43.4 Å². The molecule has 1 aromatic carbocycles. The minimum Gasteiger partial charge on any atom is -0.385 e. The van der Waals surface area contributed by atoms with Crippen LogP contribution in [0.4, 0.5) is 5.69 Å². The van der Waals surface area contributed by atoms with Gasteiger partial charge in [0.05, 0.1) is 0 Å². The van der Waals surface area contributed by atoms with Crippen molar-refractivity contribution in [2.24, 2.45) is 5.92 Å². The van der Waals surface area contributed by atoms with Crippen molar-refractivity contribution in [3.05, 3.63) is 29.8 Å². The third kappa shape index (κ3) is 2.74. The van der Waals surface area contributed by atoms with Gasteiger partial charge in [-0.2, -0.15) is 0 Å². The van der Waals surface area contributed by atoms with Gasteiger partial charge in [0.1, 0.15) is 0 Å². The second-order valence-electron chi connectivity index (χ2n) is 4.95. The molecular formula is C14H21N. The van der Waals surface area contributed by atoms with Gasteiger partial charge in [0.15, 0.2) is 0 Å². The zero-order chi connectivity index (χ0) is 10.7. The number of hydrogen-bond acceptors (Lipinski definition) is 1. The minimum atomic E-state index is 0.630. The largest absolute Gasteiger partial charge is 0.385 e. The highest BCUT2D eigenvalue weighted by atomic mass is 14.9. The fraction of sp³-hybridized carbons (Fsp3) is 0.571. The summed E-state index contributed by atoms with van der Waals surface area (Å²) in [7, 11) is 0. The topological polar surface area (TPSA) is 12.0 Å². The Hall–Kier alpha value is -0.980. The van der Waals surface area contributed by atoms with E-state index in [4.69, 9.17) is 0 Å². The summed E-state index contributed by atoms with van der Waals surface area (Å²) in [5.74, 6) is 1.56. The molecule has 82 valence electrons. The van der Waals surface area contributed by atoms with Gasteiger partial charge in [0.25, 0.3) is 0 Å². The van der Waals surface area contributed by atoms with Crippen molar-refractivity contribution in [2.75, 3.05) is 11.9 Å². The molecule has 0 aromatic heterocycles. The van der Waals surface area contributed by atoms with Crippen LogP contribution in [-0.4, -0.2) is 6.54 Å². The lowest BCUT2D eigenvalue weighted by Gasteiger charge is -2.25. The van der Waals surface area contributed by atoms with Gasteiger partial charge in [0.2, 0.25) is 0 Å². The standard InChI is InChI=1S/C14H21N/c1-11(2)13-6-8-14(9-7-13)15-10-12-4-3-5-12/h6-9,11-12,15H,3-5,10H2,1-2H3. The first-order valence-corrected chi connectivity index (χ1v) is 6.09. The average molecular weight is 203 g/mol. The fourth-order valence-electron chi connectivity index (χ4n) is 1.94. The summed E-state index contributed by atoms with van der Waals surface area (Å²) in [4.78, 5) is 0. The SMILES string of the molecule is CC(C)c1ccc(NCC2CCC2)cc1. The molecule has 0 saturated heterocycles. The Kier molecular flexibility index (Phi) is 3.30. The molecule has 0 bridgehead atoms. The van der Waals surface area contributed by atoms with Crippen molar-refractivity contribution in [1.29, 1.82) is 0 Å². The molecule has 1 heteroatoms. The highest BCUT2D eigenvalue weighted by Gasteiger charge is 2.16. The Bertz CT molecular complexity index is 296. The van der Waals surface area contributed by atoms with E-state index < -0.39 is 0 Å². The Morgan fingerprint density at radius 3 is 2.33 bits per heavy atom. The molecule has 0 heterocycles. The van der Waals surface area contributed by atoms with Gasteiger partial charge >= 0.3 is 0 Å². The van der Waals surface area contributed by atoms with Crippen molar-refractivity contribution >= 4 is 5.69 Å². The highest BCUT2D eigenvalue weighted by molar-refractivity contribution is 5.45. The van der Waals surface area contributed by atoms with E-state index in [0.717, 1.165) is 12.5 Å². The first-order valence-electron chi connectivity index (χ1n) is 6.09. The molecule has 1 fully saturated rings. The molecule has 1 N–H and O–H groups in total. The van der Waals surface area contributed by atoms with E-state index in [-0.39, 0.29) is 0 Å². The maximum Gasteiger partial charge on any atom is 0.0340 e. The van der Waals surface area contributed by atoms with Gasteiger partial charge in [-0.1, -0.05) is 32.4 Å². The summed E-state index contributed by atoms with van der Waals surface area (Å²) in [6, 6.07) is 8.86. The van der Waals surface area contributed by atoms with Crippen LogP contribution in [0, 0.1) is 5.92 Å². The van der Waals surface area contributed by atoms with Crippen LogP contribution in [0.25, 0.3) is 0 Å². The minimum absolute atomic E-state index is 0.630. The molecule has 1 aliphatic carbocycles. The van der Waals surface area contributed by atoms with E-state index in [1.54, 1.807) is 0 Å². The van der Waals surface area contributed by atoms with E-state index in [1.165, 1.54) is 30.5 Å². The molecular weight excluding hydrogens is 182 g/mol. The molecule has 0 atom stereocenters. The predicted octanol–water partition coefficient (Wildman–Crippen LogP) is 4.02. The van der Waals surface area contributed by atoms with E-state index in [1.807, 2.05) is 0 Å². The Morgan fingerprint density at radius 2 is 1.87 bits per heavy atom. The monoisotopic (exact) mass is 203 g/mol. The molecule has 1 saturated carbocycles. The summed E-state index contributed by atoms with van der Waals surface area (Å²) < 4.78 is 0. The maximum absolute atomic E-state index is 3.51. The van der Waals surface area contributed by atoms with Crippen LogP contribution < -0.4 is 5.32 Å². The van der Waals surface area contributed by atoms with Crippen LogP contribution in [0.3, 0.4) is 0 Å². The molecule has 1 aromatic rings. The summed E-state index contributed by atoms with van der Waals surface area (Å²) in [6.07, 6.45) is 4.26. The molecule has 15 heavy (non-hydrogen) atoms. The zero-order valence-electron chi connectivity index (χ0n) is 9.79. The molecule has 0 spiro atoms. The van der Waals surface area contributed by atoms with Crippen LogP contribution in [0.15, 0.2) is 24.3 Å². The Balaban J connectivity index is 1.86. The van der Waals surface area contributed by atoms with E-state index in [9.17, 15) is 0 Å². The van der Waals surface area contributed by atoms with Crippen molar-refractivity contribution < 1.29 is 0 Å².